The van der Waals surface area contributed by atoms with Gasteiger partial charge in [0.05, 0.1) is 0 Å². The highest BCUT2D eigenvalue weighted by Crippen LogP contribution is 2.36. The number of nitrogens with zero attached hydrogens (tertiary/aromatic N) is 2. The molecule has 4 rings (SSSR count). The maximum Gasteiger partial charge on any atom is 0.270 e. The van der Waals surface area contributed by atoms with E-state index in [0.717, 1.165) is 28.6 Å². The van der Waals surface area contributed by atoms with Gasteiger partial charge in [-0.3, -0.25) is 4.79 Å². The summed E-state index contributed by atoms with van der Waals surface area (Å²) in [6.45, 7) is 0.451. The van der Waals surface area contributed by atoms with Gasteiger partial charge in [-0.2, -0.15) is 0 Å². The van der Waals surface area contributed by atoms with Crippen LogP contribution in [-0.2, 0) is 6.54 Å². The van der Waals surface area contributed by atoms with Gasteiger partial charge in [-0.1, -0.05) is 12.1 Å². The number of carbonyl (C=O) groups is 1. The Hall–Kier alpha value is -1.92. The summed E-state index contributed by atoms with van der Waals surface area (Å²) in [4.78, 5) is 18.9. The third-order valence-electron chi connectivity index (χ3n) is 5.67. The molecule has 0 aliphatic carbocycles. The Kier molecular flexibility index (Phi) is 5.45. The van der Waals surface area contributed by atoms with Gasteiger partial charge in [0.15, 0.2) is 0 Å². The van der Waals surface area contributed by atoms with Crippen LogP contribution in [0.25, 0.3) is 0 Å². The molecule has 5 nitrogen and oxygen atoms in total. The van der Waals surface area contributed by atoms with Crippen molar-refractivity contribution in [2.24, 2.45) is 0 Å². The number of fused-ring (bicyclic) bond motifs is 2. The smallest absolute Gasteiger partial charge is 0.270 e. The van der Waals surface area contributed by atoms with Crippen LogP contribution < -0.4 is 10.1 Å². The van der Waals surface area contributed by atoms with E-state index in [9.17, 15) is 4.79 Å². The first-order chi connectivity index (χ1) is 13.1. The number of piperidine rings is 1. The zero-order valence-electron chi connectivity index (χ0n) is 15.4. The van der Waals surface area contributed by atoms with E-state index in [0.29, 0.717) is 24.3 Å². The molecule has 2 unspecified atom stereocenters. The van der Waals surface area contributed by atoms with Crippen LogP contribution >= 0.6 is 15.9 Å². The van der Waals surface area contributed by atoms with Gasteiger partial charge in [-0.05, 0) is 78.5 Å². The molecule has 0 radical (unpaired) electrons. The maximum atomic E-state index is 12.2. The van der Waals surface area contributed by atoms with Gasteiger partial charge in [0.25, 0.3) is 5.91 Å². The van der Waals surface area contributed by atoms with Crippen LogP contribution in [0.5, 0.6) is 5.75 Å². The number of nitrogens with one attached hydrogen (secondary N) is 1. The second-order valence-electron chi connectivity index (χ2n) is 7.45. The lowest BCUT2D eigenvalue weighted by atomic mass is 10.0. The summed E-state index contributed by atoms with van der Waals surface area (Å²) < 4.78 is 7.13. The quantitative estimate of drug-likeness (QED) is 0.785. The molecule has 1 amide bonds. The molecular weight excluding hydrogens is 406 g/mol. The normalized spacial score (nSPS) is 24.6. The topological polar surface area (TPSA) is 54.5 Å². The van der Waals surface area contributed by atoms with Crippen molar-refractivity contribution in [3.05, 3.63) is 58.3 Å². The average molecular weight is 430 g/mol. The molecule has 3 heterocycles. The third kappa shape index (κ3) is 4.33. The fraction of sp³-hybridized carbons (Fsp3) is 0.429. The second kappa shape index (κ2) is 7.98. The standard InChI is InChI=1S/C21H24BrN3O2/c1-25-16-6-7-17(25)11-19(10-16)27-18-4-2-3-14(9-18)12-24-21(26)20-8-5-15(22)13-23-20/h2-5,8-9,13,16-17,19H,6-7,10-12H2,1H3,(H,24,26). The summed E-state index contributed by atoms with van der Waals surface area (Å²) in [5.41, 5.74) is 1.43. The number of hydrogen-bond acceptors (Lipinski definition) is 4. The van der Waals surface area contributed by atoms with Crippen LogP contribution in [0.3, 0.4) is 0 Å². The molecule has 2 aromatic rings. The molecule has 27 heavy (non-hydrogen) atoms. The van der Waals surface area contributed by atoms with E-state index >= 15 is 0 Å². The molecule has 1 aromatic heterocycles. The van der Waals surface area contributed by atoms with Gasteiger partial charge in [0, 0.05) is 29.3 Å². The summed E-state index contributed by atoms with van der Waals surface area (Å²) >= 11 is 3.32. The number of aromatic nitrogens is 1. The van der Waals surface area contributed by atoms with Crippen LogP contribution in [0.15, 0.2) is 47.1 Å². The Bertz CT molecular complexity index is 797. The third-order valence-corrected chi connectivity index (χ3v) is 6.14. The first-order valence-electron chi connectivity index (χ1n) is 9.46. The first kappa shape index (κ1) is 18.4. The zero-order chi connectivity index (χ0) is 18.8. The summed E-state index contributed by atoms with van der Waals surface area (Å²) in [5.74, 6) is 0.707. The minimum absolute atomic E-state index is 0.180. The number of pyridine rings is 1. The van der Waals surface area contributed by atoms with Crippen LogP contribution in [0.2, 0.25) is 0 Å². The number of halogens is 1. The van der Waals surface area contributed by atoms with E-state index in [-0.39, 0.29) is 12.0 Å². The lowest BCUT2D eigenvalue weighted by molar-refractivity contribution is 0.0661. The molecule has 0 saturated carbocycles. The van der Waals surface area contributed by atoms with E-state index in [1.54, 1.807) is 12.3 Å². The minimum atomic E-state index is -0.180. The van der Waals surface area contributed by atoms with Crippen molar-refractivity contribution in [1.82, 2.24) is 15.2 Å². The van der Waals surface area contributed by atoms with Crippen molar-refractivity contribution >= 4 is 21.8 Å². The van der Waals surface area contributed by atoms with Crippen molar-refractivity contribution in [3.63, 3.8) is 0 Å². The molecule has 2 saturated heterocycles. The molecule has 1 aromatic carbocycles. The van der Waals surface area contributed by atoms with Gasteiger partial charge >= 0.3 is 0 Å². The van der Waals surface area contributed by atoms with Crippen molar-refractivity contribution in [2.75, 3.05) is 7.05 Å². The molecule has 142 valence electrons. The van der Waals surface area contributed by atoms with E-state index in [4.69, 9.17) is 4.74 Å². The minimum Gasteiger partial charge on any atom is -0.490 e. The fourth-order valence-corrected chi connectivity index (χ4v) is 4.40. The molecule has 0 spiro atoms. The molecule has 1 N–H and O–H groups in total. The molecule has 2 fully saturated rings. The van der Waals surface area contributed by atoms with Gasteiger partial charge in [-0.15, -0.1) is 0 Å². The number of rotatable bonds is 5. The van der Waals surface area contributed by atoms with E-state index < -0.39 is 0 Å². The van der Waals surface area contributed by atoms with Gasteiger partial charge in [0.1, 0.15) is 17.5 Å². The molecule has 2 bridgehead atoms. The Morgan fingerprint density at radius 3 is 2.74 bits per heavy atom. The largest absolute Gasteiger partial charge is 0.490 e. The molecule has 6 heteroatoms. The number of ether oxygens (including phenoxy) is 1. The Morgan fingerprint density at radius 1 is 1.26 bits per heavy atom. The Morgan fingerprint density at radius 2 is 2.04 bits per heavy atom. The lowest BCUT2D eigenvalue weighted by Gasteiger charge is -2.36. The number of amides is 1. The Balaban J connectivity index is 1.34. The zero-order valence-corrected chi connectivity index (χ0v) is 17.0. The van der Waals surface area contributed by atoms with Crippen LogP contribution in [0.1, 0.15) is 41.7 Å². The molecule has 2 aliphatic rings. The first-order valence-corrected chi connectivity index (χ1v) is 10.2. The van der Waals surface area contributed by atoms with Gasteiger partial charge in [0.2, 0.25) is 0 Å². The Labute approximate surface area is 168 Å². The summed E-state index contributed by atoms with van der Waals surface area (Å²) in [6, 6.07) is 12.8. The number of carbonyl (C=O) groups excluding carboxylic acids is 1. The van der Waals surface area contributed by atoms with Crippen molar-refractivity contribution in [1.29, 1.82) is 0 Å². The highest BCUT2D eigenvalue weighted by molar-refractivity contribution is 9.10. The molecule has 2 aliphatic heterocycles. The second-order valence-corrected chi connectivity index (χ2v) is 8.37. The monoisotopic (exact) mass is 429 g/mol. The summed E-state index contributed by atoms with van der Waals surface area (Å²) in [5, 5.41) is 2.92. The summed E-state index contributed by atoms with van der Waals surface area (Å²) in [7, 11) is 2.24. The predicted molar refractivity (Wildman–Crippen MR) is 108 cm³/mol. The van der Waals surface area contributed by atoms with E-state index in [2.05, 4.69) is 38.2 Å². The number of benzene rings is 1. The molecule has 2 atom stereocenters. The average Bonchev–Trinajstić information content (AvgIpc) is 2.88. The number of hydrogen-bond donors (Lipinski definition) is 1. The van der Waals surface area contributed by atoms with E-state index in [1.165, 1.54) is 12.8 Å². The highest BCUT2D eigenvalue weighted by atomic mass is 79.9. The summed E-state index contributed by atoms with van der Waals surface area (Å²) in [6.07, 6.45) is 6.69. The SMILES string of the molecule is CN1C2CCC1CC(Oc1cccc(CNC(=O)c3ccc(Br)cn3)c1)C2. The van der Waals surface area contributed by atoms with Crippen LogP contribution in [-0.4, -0.2) is 41.0 Å². The van der Waals surface area contributed by atoms with Crippen LogP contribution in [0.4, 0.5) is 0 Å². The fourth-order valence-electron chi connectivity index (χ4n) is 4.16. The lowest BCUT2D eigenvalue weighted by Crippen LogP contribution is -2.43. The van der Waals surface area contributed by atoms with Crippen molar-refractivity contribution < 1.29 is 9.53 Å². The molecular formula is C21H24BrN3O2. The van der Waals surface area contributed by atoms with Gasteiger partial charge in [-0.25, -0.2) is 4.98 Å². The van der Waals surface area contributed by atoms with Gasteiger partial charge < -0.3 is 15.0 Å². The van der Waals surface area contributed by atoms with Crippen molar-refractivity contribution in [2.45, 2.75) is 50.4 Å². The van der Waals surface area contributed by atoms with Crippen LogP contribution in [0, 0.1) is 0 Å². The highest BCUT2D eigenvalue weighted by Gasteiger charge is 2.39. The van der Waals surface area contributed by atoms with Crippen molar-refractivity contribution in [3.8, 4) is 5.75 Å². The maximum absolute atomic E-state index is 12.2. The predicted octanol–water partition coefficient (Wildman–Crippen LogP) is 3.78. The van der Waals surface area contributed by atoms with E-state index in [1.807, 2.05) is 30.3 Å².